The summed E-state index contributed by atoms with van der Waals surface area (Å²) in [6, 6.07) is 6.43. The first kappa shape index (κ1) is 9.69. The molecule has 0 bridgehead atoms. The number of hydrogen-bond donors (Lipinski definition) is 1. The topological polar surface area (TPSA) is 35.2 Å². The zero-order valence-corrected chi connectivity index (χ0v) is 8.84. The van der Waals surface area contributed by atoms with E-state index < -0.39 is 0 Å². The monoisotopic (exact) mass is 191 g/mol. The third kappa shape index (κ3) is 1.45. The van der Waals surface area contributed by atoms with Gasteiger partial charge in [-0.05, 0) is 49.8 Å². The highest BCUT2D eigenvalue weighted by atomic mass is 16.6. The molecular weight excluding hydrogens is 174 g/mol. The molecule has 0 aromatic heterocycles. The van der Waals surface area contributed by atoms with Crippen molar-refractivity contribution in [2.45, 2.75) is 38.7 Å². The van der Waals surface area contributed by atoms with Gasteiger partial charge in [0.1, 0.15) is 5.60 Å². The van der Waals surface area contributed by atoms with E-state index in [1.54, 1.807) is 0 Å². The molecule has 0 radical (unpaired) electrons. The molecule has 2 nitrogen and oxygen atoms in total. The van der Waals surface area contributed by atoms with Crippen molar-refractivity contribution < 1.29 is 4.84 Å². The van der Waals surface area contributed by atoms with Gasteiger partial charge in [0.2, 0.25) is 0 Å². The second-order valence-corrected chi connectivity index (χ2v) is 4.42. The number of fused-ring (bicyclic) bond motifs is 1. The zero-order chi connectivity index (χ0) is 10.2. The van der Waals surface area contributed by atoms with E-state index in [2.05, 4.69) is 18.2 Å². The lowest BCUT2D eigenvalue weighted by Gasteiger charge is -2.25. The van der Waals surface area contributed by atoms with Crippen molar-refractivity contribution in [2.75, 3.05) is 0 Å². The summed E-state index contributed by atoms with van der Waals surface area (Å²) in [7, 11) is 0. The lowest BCUT2D eigenvalue weighted by molar-refractivity contribution is -0.0241. The summed E-state index contributed by atoms with van der Waals surface area (Å²) < 4.78 is 0. The lowest BCUT2D eigenvalue weighted by atomic mass is 9.91. The minimum Gasteiger partial charge on any atom is -0.294 e. The fraction of sp³-hybridized carbons (Fsp3) is 0.500. The summed E-state index contributed by atoms with van der Waals surface area (Å²) in [6.07, 6.45) is 3.62. The van der Waals surface area contributed by atoms with Crippen molar-refractivity contribution >= 4 is 0 Å². The molecule has 0 amide bonds. The molecule has 0 spiro atoms. The van der Waals surface area contributed by atoms with Crippen LogP contribution in [-0.4, -0.2) is 0 Å². The van der Waals surface area contributed by atoms with Crippen molar-refractivity contribution in [3.63, 3.8) is 0 Å². The molecule has 0 fully saturated rings. The Hall–Kier alpha value is -0.860. The van der Waals surface area contributed by atoms with Gasteiger partial charge in [-0.3, -0.25) is 4.84 Å². The molecular formula is C12H17NO. The minimum atomic E-state index is -0.365. The predicted molar refractivity (Wildman–Crippen MR) is 56.8 cm³/mol. The van der Waals surface area contributed by atoms with Gasteiger partial charge < -0.3 is 0 Å². The maximum Gasteiger partial charge on any atom is 0.109 e. The van der Waals surface area contributed by atoms with Crippen LogP contribution in [0.3, 0.4) is 0 Å². The third-order valence-electron chi connectivity index (χ3n) is 3.09. The van der Waals surface area contributed by atoms with Gasteiger partial charge in [0.05, 0.1) is 0 Å². The molecule has 0 saturated heterocycles. The van der Waals surface area contributed by atoms with Gasteiger partial charge >= 0.3 is 0 Å². The average molecular weight is 191 g/mol. The highest BCUT2D eigenvalue weighted by Crippen LogP contribution is 2.33. The maximum atomic E-state index is 5.33. The van der Waals surface area contributed by atoms with Crippen LogP contribution in [0.2, 0.25) is 0 Å². The summed E-state index contributed by atoms with van der Waals surface area (Å²) in [5.74, 6) is 5.33. The molecule has 14 heavy (non-hydrogen) atoms. The van der Waals surface area contributed by atoms with Gasteiger partial charge in [0.15, 0.2) is 0 Å². The minimum absolute atomic E-state index is 0.365. The van der Waals surface area contributed by atoms with Crippen molar-refractivity contribution in [2.24, 2.45) is 5.90 Å². The van der Waals surface area contributed by atoms with Crippen LogP contribution in [0.25, 0.3) is 0 Å². The van der Waals surface area contributed by atoms with E-state index >= 15 is 0 Å². The zero-order valence-electron chi connectivity index (χ0n) is 8.84. The van der Waals surface area contributed by atoms with E-state index in [0.29, 0.717) is 0 Å². The summed E-state index contributed by atoms with van der Waals surface area (Å²) >= 11 is 0. The SMILES string of the molecule is CC(C)(ON)c1cccc2c1CCC2. The second-order valence-electron chi connectivity index (χ2n) is 4.42. The molecule has 0 atom stereocenters. The van der Waals surface area contributed by atoms with Gasteiger partial charge in [-0.2, -0.15) is 0 Å². The predicted octanol–water partition coefficient (Wildman–Crippen LogP) is 2.30. The van der Waals surface area contributed by atoms with E-state index in [1.807, 2.05) is 13.8 Å². The quantitative estimate of drug-likeness (QED) is 0.728. The lowest BCUT2D eigenvalue weighted by Crippen LogP contribution is -2.26. The van der Waals surface area contributed by atoms with Crippen LogP contribution >= 0.6 is 0 Å². The molecule has 0 unspecified atom stereocenters. The van der Waals surface area contributed by atoms with Gasteiger partial charge in [-0.15, -0.1) is 0 Å². The van der Waals surface area contributed by atoms with E-state index in [0.717, 1.165) is 6.42 Å². The highest BCUT2D eigenvalue weighted by Gasteiger charge is 2.26. The first-order chi connectivity index (χ1) is 6.65. The third-order valence-corrected chi connectivity index (χ3v) is 3.09. The van der Waals surface area contributed by atoms with Gasteiger partial charge in [0.25, 0.3) is 0 Å². The van der Waals surface area contributed by atoms with Crippen molar-refractivity contribution in [3.8, 4) is 0 Å². The standard InChI is InChI=1S/C12H17NO/c1-12(2,14-13)11-8-4-6-9-5-3-7-10(9)11/h4,6,8H,3,5,7,13H2,1-2H3. The molecule has 2 rings (SSSR count). The molecule has 0 heterocycles. The maximum absolute atomic E-state index is 5.33. The molecule has 1 aromatic carbocycles. The molecule has 2 heteroatoms. The van der Waals surface area contributed by atoms with Crippen LogP contribution in [0, 0.1) is 0 Å². The van der Waals surface area contributed by atoms with Crippen LogP contribution in [0.5, 0.6) is 0 Å². The van der Waals surface area contributed by atoms with Crippen LogP contribution < -0.4 is 5.90 Å². The number of benzene rings is 1. The number of aryl methyl sites for hydroxylation is 1. The normalized spacial score (nSPS) is 15.6. The summed E-state index contributed by atoms with van der Waals surface area (Å²) in [6.45, 7) is 4.03. The Labute approximate surface area is 85.0 Å². The Morgan fingerprint density at radius 2 is 2.07 bits per heavy atom. The molecule has 1 aliphatic carbocycles. The smallest absolute Gasteiger partial charge is 0.109 e. The molecule has 76 valence electrons. The number of hydrogen-bond acceptors (Lipinski definition) is 2. The van der Waals surface area contributed by atoms with Crippen LogP contribution in [-0.2, 0) is 23.3 Å². The Kier molecular flexibility index (Phi) is 2.33. The van der Waals surface area contributed by atoms with Gasteiger partial charge in [-0.1, -0.05) is 18.2 Å². The van der Waals surface area contributed by atoms with Gasteiger partial charge in [-0.25, -0.2) is 5.90 Å². The molecule has 1 aromatic rings. The van der Waals surface area contributed by atoms with Crippen LogP contribution in [0.4, 0.5) is 0 Å². The Bertz CT molecular complexity index is 344. The van der Waals surface area contributed by atoms with Crippen molar-refractivity contribution in [1.82, 2.24) is 0 Å². The largest absolute Gasteiger partial charge is 0.294 e. The fourth-order valence-corrected chi connectivity index (χ4v) is 2.25. The van der Waals surface area contributed by atoms with Crippen LogP contribution in [0.1, 0.15) is 37.0 Å². The Balaban J connectivity index is 2.49. The highest BCUT2D eigenvalue weighted by molar-refractivity contribution is 5.41. The molecule has 1 aliphatic rings. The van der Waals surface area contributed by atoms with E-state index in [1.165, 1.54) is 29.5 Å². The number of nitrogens with two attached hydrogens (primary N) is 1. The van der Waals surface area contributed by atoms with Crippen molar-refractivity contribution in [3.05, 3.63) is 34.9 Å². The molecule has 0 saturated carbocycles. The average Bonchev–Trinajstić information content (AvgIpc) is 2.64. The van der Waals surface area contributed by atoms with Gasteiger partial charge in [0, 0.05) is 0 Å². The Morgan fingerprint density at radius 3 is 2.79 bits per heavy atom. The van der Waals surface area contributed by atoms with Crippen LogP contribution in [0.15, 0.2) is 18.2 Å². The van der Waals surface area contributed by atoms with E-state index in [-0.39, 0.29) is 5.60 Å². The summed E-state index contributed by atoms with van der Waals surface area (Å²) in [4.78, 5) is 5.05. The van der Waals surface area contributed by atoms with E-state index in [9.17, 15) is 0 Å². The second kappa shape index (κ2) is 3.37. The first-order valence-electron chi connectivity index (χ1n) is 5.14. The summed E-state index contributed by atoms with van der Waals surface area (Å²) in [5.41, 5.74) is 3.79. The first-order valence-corrected chi connectivity index (χ1v) is 5.14. The molecule has 2 N–H and O–H groups in total. The molecule has 0 aliphatic heterocycles. The fourth-order valence-electron chi connectivity index (χ4n) is 2.25. The van der Waals surface area contributed by atoms with Crippen molar-refractivity contribution in [1.29, 1.82) is 0 Å². The number of rotatable bonds is 2. The summed E-state index contributed by atoms with van der Waals surface area (Å²) in [5, 5.41) is 0. The van der Waals surface area contributed by atoms with E-state index in [4.69, 9.17) is 10.7 Å². The Morgan fingerprint density at radius 1 is 1.29 bits per heavy atom.